The van der Waals surface area contributed by atoms with Crippen LogP contribution < -0.4 is 39.4 Å². The minimum atomic E-state index is -1.02. The van der Waals surface area contributed by atoms with E-state index in [1.807, 2.05) is 48.5 Å². The van der Waals surface area contributed by atoms with Crippen LogP contribution in [-0.2, 0) is 17.0 Å². The van der Waals surface area contributed by atoms with Crippen LogP contribution in [-0.4, -0.2) is 27.6 Å². The molecule has 5 nitrogen and oxygen atoms in total. The molecule has 0 radical (unpaired) electrons. The molecule has 0 saturated heterocycles. The SMILES string of the molecule is CC(C)(O)c1ccccc1C(CCSCC1(CC(=O)[O-])CC1)c1ccccc1OCc1ccc2sc(Cl)c(Cl)c2n1.[Na+]. The number of carboxylic acids is 1. The Morgan fingerprint density at radius 2 is 1.81 bits per heavy atom. The number of pyridine rings is 1. The third-order valence-corrected chi connectivity index (χ3v) is 10.9. The fourth-order valence-corrected chi connectivity index (χ4v) is 8.06. The number of rotatable bonds is 13. The smallest absolute Gasteiger partial charge is 0.550 e. The van der Waals surface area contributed by atoms with Crippen molar-refractivity contribution in [1.29, 1.82) is 0 Å². The van der Waals surface area contributed by atoms with E-state index in [4.69, 9.17) is 27.9 Å². The zero-order chi connectivity index (χ0) is 29.2. The third kappa shape index (κ3) is 8.05. The number of carbonyl (C=O) groups excluding carboxylic acids is 1. The second-order valence-electron chi connectivity index (χ2n) is 11.3. The van der Waals surface area contributed by atoms with Gasteiger partial charge in [0.15, 0.2) is 0 Å². The number of nitrogens with zero attached hydrogens (tertiary/aromatic N) is 1. The fraction of sp³-hybridized carbons (Fsp3) is 0.375. The summed E-state index contributed by atoms with van der Waals surface area (Å²) in [6.07, 6.45) is 2.81. The van der Waals surface area contributed by atoms with Crippen LogP contribution >= 0.6 is 46.3 Å². The van der Waals surface area contributed by atoms with Crippen LogP contribution in [0.5, 0.6) is 5.75 Å². The second-order valence-corrected chi connectivity index (χ2v) is 14.4. The number of halogens is 2. The van der Waals surface area contributed by atoms with E-state index in [1.54, 1.807) is 25.6 Å². The summed E-state index contributed by atoms with van der Waals surface area (Å²) in [5.41, 5.74) is 3.23. The monoisotopic (exact) mass is 651 g/mol. The summed E-state index contributed by atoms with van der Waals surface area (Å²) >= 11 is 15.8. The number of aliphatic carboxylic acids is 1. The Balaban J connectivity index is 0.00000405. The number of hydrogen-bond acceptors (Lipinski definition) is 7. The van der Waals surface area contributed by atoms with Crippen molar-refractivity contribution < 1.29 is 49.3 Å². The van der Waals surface area contributed by atoms with E-state index < -0.39 is 11.6 Å². The van der Waals surface area contributed by atoms with Crippen molar-refractivity contribution in [3.8, 4) is 5.75 Å². The van der Waals surface area contributed by atoms with E-state index in [-0.39, 0.29) is 53.9 Å². The van der Waals surface area contributed by atoms with Crippen LogP contribution in [0.4, 0.5) is 0 Å². The number of carbonyl (C=O) groups is 1. The zero-order valence-corrected chi connectivity index (χ0v) is 29.1. The molecule has 2 aromatic carbocycles. The molecule has 4 aromatic rings. The number of ether oxygens (including phenoxy) is 1. The predicted octanol–water partition coefficient (Wildman–Crippen LogP) is 4.59. The first kappa shape index (κ1) is 33.6. The molecule has 0 amide bonds. The summed E-state index contributed by atoms with van der Waals surface area (Å²) in [5.74, 6) is 1.38. The first-order chi connectivity index (χ1) is 19.6. The molecule has 0 aliphatic heterocycles. The van der Waals surface area contributed by atoms with Gasteiger partial charge in [-0.3, -0.25) is 0 Å². The average molecular weight is 653 g/mol. The Labute approximate surface area is 287 Å². The van der Waals surface area contributed by atoms with E-state index in [1.165, 1.54) is 11.3 Å². The summed E-state index contributed by atoms with van der Waals surface area (Å²) < 4.78 is 7.84. The van der Waals surface area contributed by atoms with Crippen molar-refractivity contribution in [2.75, 3.05) is 11.5 Å². The van der Waals surface area contributed by atoms with E-state index in [9.17, 15) is 15.0 Å². The standard InChI is InChI=1S/C32H33Cl2NO4S2.Na/c1-31(2,38)24-9-5-3-7-22(24)21(13-16-40-19-32(14-15-32)17-27(36)37)23-8-4-6-10-25(23)39-18-20-11-12-26-29(35-20)28(33)30(34)41-26;/h3-12,21,38H,13-19H2,1-2H3,(H,36,37);/q;+1/p-1. The van der Waals surface area contributed by atoms with E-state index in [0.717, 1.165) is 63.6 Å². The Hall–Kier alpha value is -1.29. The number of aromatic nitrogens is 1. The van der Waals surface area contributed by atoms with Crippen molar-refractivity contribution >= 4 is 62.5 Å². The Bertz CT molecular complexity index is 1550. The molecule has 1 aliphatic rings. The van der Waals surface area contributed by atoms with Gasteiger partial charge in [0, 0.05) is 17.5 Å². The average Bonchev–Trinajstić information content (AvgIpc) is 3.63. The second kappa shape index (κ2) is 14.2. The third-order valence-electron chi connectivity index (χ3n) is 7.60. The van der Waals surface area contributed by atoms with E-state index in [0.29, 0.717) is 14.9 Å². The van der Waals surface area contributed by atoms with Crippen LogP contribution in [0.2, 0.25) is 9.36 Å². The number of carboxylic acid groups (broad SMARTS) is 1. The van der Waals surface area contributed by atoms with Gasteiger partial charge >= 0.3 is 29.6 Å². The van der Waals surface area contributed by atoms with Gasteiger partial charge in [-0.2, -0.15) is 11.8 Å². The number of benzene rings is 2. The van der Waals surface area contributed by atoms with E-state index in [2.05, 4.69) is 17.1 Å². The van der Waals surface area contributed by atoms with Crippen LogP contribution in [0, 0.1) is 5.41 Å². The maximum atomic E-state index is 11.2. The number of aliphatic hydroxyl groups is 1. The molecule has 0 bridgehead atoms. The molecule has 216 valence electrons. The summed E-state index contributed by atoms with van der Waals surface area (Å²) in [6.45, 7) is 3.87. The molecule has 0 spiro atoms. The molecule has 5 rings (SSSR count). The Morgan fingerprint density at radius 3 is 2.50 bits per heavy atom. The number of fused-ring (bicyclic) bond motifs is 1. The summed E-state index contributed by atoms with van der Waals surface area (Å²) in [7, 11) is 0. The molecule has 2 heterocycles. The number of hydrogen-bond donors (Lipinski definition) is 1. The van der Waals surface area contributed by atoms with Crippen LogP contribution in [0.1, 0.15) is 67.8 Å². The molecule has 10 heteroatoms. The van der Waals surface area contributed by atoms with Gasteiger partial charge in [-0.05, 0) is 85.8 Å². The predicted molar refractivity (Wildman–Crippen MR) is 167 cm³/mol. The van der Waals surface area contributed by atoms with Gasteiger partial charge in [0.1, 0.15) is 22.2 Å². The molecule has 1 saturated carbocycles. The summed E-state index contributed by atoms with van der Waals surface area (Å²) in [6, 6.07) is 19.9. The van der Waals surface area contributed by atoms with Crippen LogP contribution in [0.25, 0.3) is 10.2 Å². The topological polar surface area (TPSA) is 82.5 Å². The summed E-state index contributed by atoms with van der Waals surface area (Å²) in [5, 5.41) is 22.7. The maximum absolute atomic E-state index is 11.2. The van der Waals surface area contributed by atoms with Gasteiger partial charge < -0.3 is 19.7 Å². The van der Waals surface area contributed by atoms with Gasteiger partial charge in [0.25, 0.3) is 0 Å². The Kier molecular flexibility index (Phi) is 11.4. The number of thioether (sulfide) groups is 1. The molecule has 1 atom stereocenters. The normalized spacial score (nSPS) is 14.8. The number of para-hydroxylation sites is 1. The van der Waals surface area contributed by atoms with Gasteiger partial charge in [0.05, 0.1) is 21.0 Å². The number of thiophene rings is 1. The molecule has 1 aliphatic carbocycles. The molecule has 1 fully saturated rings. The van der Waals surface area contributed by atoms with Crippen LogP contribution in [0.15, 0.2) is 60.7 Å². The van der Waals surface area contributed by atoms with Crippen molar-refractivity contribution in [2.45, 2.75) is 57.7 Å². The van der Waals surface area contributed by atoms with Crippen molar-refractivity contribution in [3.05, 3.63) is 92.4 Å². The zero-order valence-electron chi connectivity index (χ0n) is 24.0. The first-order valence-electron chi connectivity index (χ1n) is 13.6. The minimum Gasteiger partial charge on any atom is -0.550 e. The molecular weight excluding hydrogens is 620 g/mol. The van der Waals surface area contributed by atoms with Crippen molar-refractivity contribution in [1.82, 2.24) is 4.98 Å². The van der Waals surface area contributed by atoms with Crippen molar-refractivity contribution in [2.24, 2.45) is 5.41 Å². The van der Waals surface area contributed by atoms with Gasteiger partial charge in [-0.15, -0.1) is 11.3 Å². The summed E-state index contributed by atoms with van der Waals surface area (Å²) in [4.78, 5) is 15.9. The molecular formula is C32H32Cl2NNaO4S2. The maximum Gasteiger partial charge on any atom is 1.00 e. The quantitative estimate of drug-likeness (QED) is 0.168. The minimum absolute atomic E-state index is 0. The molecule has 1 unspecified atom stereocenters. The largest absolute Gasteiger partial charge is 1.00 e. The van der Waals surface area contributed by atoms with E-state index >= 15 is 0 Å². The van der Waals surface area contributed by atoms with Crippen molar-refractivity contribution in [3.63, 3.8) is 0 Å². The first-order valence-corrected chi connectivity index (χ1v) is 16.3. The fourth-order valence-electron chi connectivity index (χ4n) is 5.27. The van der Waals surface area contributed by atoms with Gasteiger partial charge in [-0.1, -0.05) is 65.7 Å². The Morgan fingerprint density at radius 1 is 1.12 bits per heavy atom. The van der Waals surface area contributed by atoms with Crippen LogP contribution in [0.3, 0.4) is 0 Å². The van der Waals surface area contributed by atoms with Gasteiger partial charge in [0.2, 0.25) is 0 Å². The molecule has 42 heavy (non-hydrogen) atoms. The molecule has 1 N–H and O–H groups in total. The van der Waals surface area contributed by atoms with Gasteiger partial charge in [-0.25, -0.2) is 4.98 Å². The molecule has 2 aromatic heterocycles.